The van der Waals surface area contributed by atoms with Gasteiger partial charge in [-0.1, -0.05) is 30.3 Å². The molecule has 2 heterocycles. The van der Waals surface area contributed by atoms with E-state index in [1.54, 1.807) is 30.5 Å². The van der Waals surface area contributed by atoms with Gasteiger partial charge in [0, 0.05) is 31.0 Å². The van der Waals surface area contributed by atoms with Crippen molar-refractivity contribution in [2.24, 2.45) is 0 Å². The van der Waals surface area contributed by atoms with Crippen molar-refractivity contribution in [1.82, 2.24) is 10.3 Å². The molecule has 0 unspecified atom stereocenters. The van der Waals surface area contributed by atoms with Crippen LogP contribution in [-0.4, -0.2) is 42.4 Å². The molecule has 0 saturated heterocycles. The Morgan fingerprint density at radius 3 is 2.81 bits per heavy atom. The smallest absolute Gasteiger partial charge is 0.244 e. The van der Waals surface area contributed by atoms with E-state index in [1.807, 2.05) is 30.3 Å². The van der Waals surface area contributed by atoms with Crippen LogP contribution in [0.25, 0.3) is 10.9 Å². The van der Waals surface area contributed by atoms with Crippen LogP contribution in [0.3, 0.4) is 0 Å². The Kier molecular flexibility index (Phi) is 6.60. The summed E-state index contributed by atoms with van der Waals surface area (Å²) in [5, 5.41) is 6.56. The Balaban J connectivity index is 1.19. The van der Waals surface area contributed by atoms with Crippen LogP contribution in [0.15, 0.2) is 60.8 Å². The summed E-state index contributed by atoms with van der Waals surface area (Å²) in [6.45, 7) is 0.840. The predicted molar refractivity (Wildman–Crippen MR) is 122 cm³/mol. The first-order chi connectivity index (χ1) is 15.6. The van der Waals surface area contributed by atoms with Gasteiger partial charge >= 0.3 is 0 Å². The van der Waals surface area contributed by atoms with Gasteiger partial charge in [0.25, 0.3) is 0 Å². The molecule has 0 atom stereocenters. The van der Waals surface area contributed by atoms with Crippen molar-refractivity contribution >= 4 is 40.0 Å². The zero-order chi connectivity index (χ0) is 22.3. The van der Waals surface area contributed by atoms with Crippen molar-refractivity contribution in [3.05, 3.63) is 60.8 Å². The zero-order valence-corrected chi connectivity index (χ0v) is 17.5. The highest BCUT2D eigenvalue weighted by Gasteiger charge is 2.26. The number of rotatable bonds is 8. The van der Waals surface area contributed by atoms with Crippen LogP contribution >= 0.6 is 0 Å². The molecule has 0 saturated carbocycles. The average Bonchev–Trinajstić information content (AvgIpc) is 2.81. The van der Waals surface area contributed by atoms with Gasteiger partial charge in [-0.2, -0.15) is 0 Å². The fourth-order valence-electron chi connectivity index (χ4n) is 3.57. The highest BCUT2D eigenvalue weighted by atomic mass is 16.5. The fraction of sp³-hybridized carbons (Fsp3) is 0.250. The summed E-state index contributed by atoms with van der Waals surface area (Å²) in [7, 11) is 0. The van der Waals surface area contributed by atoms with Crippen molar-refractivity contribution in [3.8, 4) is 5.75 Å². The number of anilines is 2. The van der Waals surface area contributed by atoms with Gasteiger partial charge in [0.1, 0.15) is 17.8 Å². The molecule has 0 spiro atoms. The topological polar surface area (TPSA) is 101 Å². The number of hydrogen-bond donors (Lipinski definition) is 2. The maximum Gasteiger partial charge on any atom is 0.244 e. The van der Waals surface area contributed by atoms with Crippen molar-refractivity contribution in [2.75, 3.05) is 29.9 Å². The second kappa shape index (κ2) is 9.91. The molecule has 3 aromatic rings. The summed E-state index contributed by atoms with van der Waals surface area (Å²) in [4.78, 5) is 42.4. The van der Waals surface area contributed by atoms with Gasteiger partial charge < -0.3 is 20.3 Å². The molecule has 8 heteroatoms. The Labute approximate surface area is 185 Å². The third kappa shape index (κ3) is 5.03. The first kappa shape index (κ1) is 21.3. The van der Waals surface area contributed by atoms with Crippen LogP contribution < -0.4 is 20.3 Å². The normalized spacial score (nSPS) is 12.8. The maximum atomic E-state index is 12.6. The van der Waals surface area contributed by atoms with Crippen molar-refractivity contribution in [2.45, 2.75) is 19.3 Å². The summed E-state index contributed by atoms with van der Waals surface area (Å²) < 4.78 is 5.81. The molecule has 1 aromatic heterocycles. The van der Waals surface area contributed by atoms with Crippen LogP contribution in [0.5, 0.6) is 5.75 Å². The number of hydrogen-bond acceptors (Lipinski definition) is 5. The van der Waals surface area contributed by atoms with Crippen molar-refractivity contribution < 1.29 is 19.1 Å². The second-order valence-electron chi connectivity index (χ2n) is 7.43. The molecule has 164 valence electrons. The summed E-state index contributed by atoms with van der Waals surface area (Å²) in [6, 6.07) is 16.7. The minimum Gasteiger partial charge on any atom is -0.491 e. The SMILES string of the molecule is O=C(CCC(=O)N1CC(=O)Nc2ccccc21)NCCCOc1cccc2cccnc12. The first-order valence-electron chi connectivity index (χ1n) is 10.5. The van der Waals surface area contributed by atoms with Gasteiger partial charge in [0.15, 0.2) is 0 Å². The second-order valence-corrected chi connectivity index (χ2v) is 7.43. The largest absolute Gasteiger partial charge is 0.491 e. The van der Waals surface area contributed by atoms with Gasteiger partial charge in [0.05, 0.1) is 18.0 Å². The molecule has 2 N–H and O–H groups in total. The molecular weight excluding hydrogens is 408 g/mol. The number of amides is 3. The number of nitrogens with one attached hydrogen (secondary N) is 2. The number of aromatic nitrogens is 1. The summed E-state index contributed by atoms with van der Waals surface area (Å²) in [5.41, 5.74) is 2.06. The van der Waals surface area contributed by atoms with Crippen LogP contribution in [-0.2, 0) is 14.4 Å². The van der Waals surface area contributed by atoms with E-state index in [-0.39, 0.29) is 37.1 Å². The summed E-state index contributed by atoms with van der Waals surface area (Å²) in [6.07, 6.45) is 2.45. The predicted octanol–water partition coefficient (Wildman–Crippen LogP) is 2.89. The molecule has 4 rings (SSSR count). The third-order valence-electron chi connectivity index (χ3n) is 5.13. The van der Waals surface area contributed by atoms with Crippen molar-refractivity contribution in [1.29, 1.82) is 0 Å². The number of ether oxygens (including phenoxy) is 1. The Morgan fingerprint density at radius 1 is 1.06 bits per heavy atom. The Morgan fingerprint density at radius 2 is 1.91 bits per heavy atom. The van der Waals surface area contributed by atoms with Crippen LogP contribution in [0.4, 0.5) is 11.4 Å². The quantitative estimate of drug-likeness (QED) is 0.533. The lowest BCUT2D eigenvalue weighted by atomic mass is 10.1. The van der Waals surface area contributed by atoms with E-state index < -0.39 is 0 Å². The molecule has 1 aliphatic rings. The minimum absolute atomic E-state index is 0.0334. The fourth-order valence-corrected chi connectivity index (χ4v) is 3.57. The number of benzene rings is 2. The van der Waals surface area contributed by atoms with E-state index in [1.165, 1.54) is 4.90 Å². The average molecular weight is 432 g/mol. The summed E-state index contributed by atoms with van der Waals surface area (Å²) >= 11 is 0. The van der Waals surface area contributed by atoms with Crippen LogP contribution in [0.2, 0.25) is 0 Å². The van der Waals surface area contributed by atoms with Crippen LogP contribution in [0.1, 0.15) is 19.3 Å². The number of carbonyl (C=O) groups excluding carboxylic acids is 3. The lowest BCUT2D eigenvalue weighted by Crippen LogP contribution is -2.42. The molecular formula is C24H24N4O4. The Hall–Kier alpha value is -3.94. The van der Waals surface area contributed by atoms with E-state index in [0.717, 1.165) is 10.9 Å². The number of para-hydroxylation sites is 3. The van der Waals surface area contributed by atoms with E-state index >= 15 is 0 Å². The van der Waals surface area contributed by atoms with E-state index in [0.29, 0.717) is 36.7 Å². The molecule has 32 heavy (non-hydrogen) atoms. The van der Waals surface area contributed by atoms with Gasteiger partial charge in [-0.15, -0.1) is 0 Å². The van der Waals surface area contributed by atoms with Crippen molar-refractivity contribution in [3.63, 3.8) is 0 Å². The standard InChI is InChI=1S/C24H24N4O4/c29-21(11-12-23(31)28-16-22(30)27-18-8-1-2-9-19(18)28)25-14-5-15-32-20-10-3-6-17-7-4-13-26-24(17)20/h1-4,6-10,13H,5,11-12,14-16H2,(H,25,29)(H,27,30). The molecule has 3 amide bonds. The van der Waals surface area contributed by atoms with Gasteiger partial charge in [-0.3, -0.25) is 19.4 Å². The number of pyridine rings is 1. The van der Waals surface area contributed by atoms with E-state index in [4.69, 9.17) is 4.74 Å². The minimum atomic E-state index is -0.255. The Bertz CT molecular complexity index is 1140. The van der Waals surface area contributed by atoms with Gasteiger partial charge in [0.2, 0.25) is 17.7 Å². The monoisotopic (exact) mass is 432 g/mol. The highest BCUT2D eigenvalue weighted by Crippen LogP contribution is 2.29. The number of fused-ring (bicyclic) bond motifs is 2. The van der Waals surface area contributed by atoms with E-state index in [2.05, 4.69) is 15.6 Å². The molecule has 0 radical (unpaired) electrons. The summed E-state index contributed by atoms with van der Waals surface area (Å²) in [5.74, 6) is 0.00271. The lowest BCUT2D eigenvalue weighted by Gasteiger charge is -2.29. The molecule has 0 bridgehead atoms. The molecule has 1 aliphatic heterocycles. The highest BCUT2D eigenvalue weighted by molar-refractivity contribution is 6.10. The molecule has 2 aromatic carbocycles. The zero-order valence-electron chi connectivity index (χ0n) is 17.5. The molecule has 8 nitrogen and oxygen atoms in total. The number of nitrogens with zero attached hydrogens (tertiary/aromatic N) is 2. The maximum absolute atomic E-state index is 12.6. The third-order valence-corrected chi connectivity index (χ3v) is 5.13. The van der Waals surface area contributed by atoms with Crippen LogP contribution in [0, 0.1) is 0 Å². The first-order valence-corrected chi connectivity index (χ1v) is 10.5. The molecule has 0 fully saturated rings. The van der Waals surface area contributed by atoms with Gasteiger partial charge in [-0.05, 0) is 30.7 Å². The van der Waals surface area contributed by atoms with E-state index in [9.17, 15) is 14.4 Å². The van der Waals surface area contributed by atoms with Gasteiger partial charge in [-0.25, -0.2) is 0 Å². The number of carbonyl (C=O) groups is 3. The lowest BCUT2D eigenvalue weighted by molar-refractivity contribution is -0.125. The molecule has 0 aliphatic carbocycles.